The summed E-state index contributed by atoms with van der Waals surface area (Å²) < 4.78 is 33.6. The molecular formula is C59H100NO7P. The summed E-state index contributed by atoms with van der Waals surface area (Å²) >= 11 is 0. The van der Waals surface area contributed by atoms with Crippen LogP contribution in [0.4, 0.5) is 0 Å². The molecule has 68 heavy (non-hydrogen) atoms. The van der Waals surface area contributed by atoms with E-state index in [4.69, 9.17) is 24.3 Å². The topological polar surface area (TPSA) is 117 Å². The third-order valence-corrected chi connectivity index (χ3v) is 11.8. The largest absolute Gasteiger partial charge is 0.472 e. The lowest BCUT2D eigenvalue weighted by molar-refractivity contribution is -0.154. The van der Waals surface area contributed by atoms with Crippen LogP contribution in [-0.4, -0.2) is 49.9 Å². The van der Waals surface area contributed by atoms with E-state index in [1.807, 2.05) is 0 Å². The van der Waals surface area contributed by atoms with Crippen LogP contribution in [0.15, 0.2) is 122 Å². The van der Waals surface area contributed by atoms with Gasteiger partial charge in [0.1, 0.15) is 6.10 Å². The first kappa shape index (κ1) is 64.9. The number of hydrogen-bond donors (Lipinski definition) is 2. The molecule has 0 aromatic carbocycles. The molecule has 388 valence electrons. The fourth-order valence-corrected chi connectivity index (χ4v) is 7.70. The summed E-state index contributed by atoms with van der Waals surface area (Å²) in [5, 5.41) is 0. The number of phosphoric acid groups is 1. The minimum Gasteiger partial charge on any atom is -0.457 e. The lowest BCUT2D eigenvalue weighted by Crippen LogP contribution is -2.28. The number of unbranched alkanes of at least 4 members (excludes halogenated alkanes) is 17. The van der Waals surface area contributed by atoms with Gasteiger partial charge >= 0.3 is 13.8 Å². The third-order valence-electron chi connectivity index (χ3n) is 10.9. The van der Waals surface area contributed by atoms with Crippen molar-refractivity contribution in [1.82, 2.24) is 0 Å². The first-order chi connectivity index (χ1) is 33.4. The fourth-order valence-electron chi connectivity index (χ4n) is 6.93. The van der Waals surface area contributed by atoms with Crippen LogP contribution in [0.25, 0.3) is 0 Å². The van der Waals surface area contributed by atoms with Crippen LogP contribution in [0.1, 0.15) is 206 Å². The number of allylic oxidation sites excluding steroid dienone is 20. The van der Waals surface area contributed by atoms with E-state index in [9.17, 15) is 14.3 Å². The molecule has 0 aliphatic heterocycles. The van der Waals surface area contributed by atoms with Crippen molar-refractivity contribution >= 4 is 13.8 Å². The molecular weight excluding hydrogens is 866 g/mol. The maximum Gasteiger partial charge on any atom is 0.472 e. The normalized spacial score (nSPS) is 14.2. The molecule has 0 saturated carbocycles. The molecule has 0 radical (unpaired) electrons. The molecule has 0 bridgehead atoms. The Balaban J connectivity index is 4.06. The molecule has 0 aliphatic carbocycles. The molecule has 0 aliphatic rings. The Bertz CT molecular complexity index is 1460. The van der Waals surface area contributed by atoms with Gasteiger partial charge in [0, 0.05) is 19.6 Å². The maximum absolute atomic E-state index is 12.7. The quantitative estimate of drug-likeness (QED) is 0.0268. The molecule has 0 heterocycles. The second-order valence-corrected chi connectivity index (χ2v) is 18.8. The van der Waals surface area contributed by atoms with Crippen molar-refractivity contribution in [3.63, 3.8) is 0 Å². The molecule has 0 amide bonds. The van der Waals surface area contributed by atoms with E-state index < -0.39 is 19.9 Å². The second kappa shape index (κ2) is 54.8. The maximum atomic E-state index is 12.7. The smallest absolute Gasteiger partial charge is 0.457 e. The summed E-state index contributed by atoms with van der Waals surface area (Å²) in [6, 6.07) is 0. The zero-order valence-corrected chi connectivity index (χ0v) is 44.2. The van der Waals surface area contributed by atoms with Crippen molar-refractivity contribution < 1.29 is 32.8 Å². The van der Waals surface area contributed by atoms with E-state index in [1.165, 1.54) is 103 Å². The van der Waals surface area contributed by atoms with Gasteiger partial charge < -0.3 is 20.1 Å². The van der Waals surface area contributed by atoms with Crippen molar-refractivity contribution in [2.75, 3.05) is 33.0 Å². The minimum absolute atomic E-state index is 0.0829. The Kier molecular flexibility index (Phi) is 52.3. The lowest BCUT2D eigenvalue weighted by atomic mass is 10.1. The van der Waals surface area contributed by atoms with Crippen molar-refractivity contribution in [2.24, 2.45) is 5.73 Å². The zero-order valence-electron chi connectivity index (χ0n) is 43.3. The molecule has 9 heteroatoms. The highest BCUT2D eigenvalue weighted by atomic mass is 31.2. The number of hydrogen-bond acceptors (Lipinski definition) is 7. The van der Waals surface area contributed by atoms with Gasteiger partial charge in [-0.15, -0.1) is 0 Å². The van der Waals surface area contributed by atoms with E-state index in [2.05, 4.69) is 135 Å². The van der Waals surface area contributed by atoms with Gasteiger partial charge in [-0.2, -0.15) is 0 Å². The molecule has 0 spiro atoms. The Morgan fingerprint density at radius 1 is 0.456 bits per heavy atom. The summed E-state index contributed by atoms with van der Waals surface area (Å²) in [4.78, 5) is 22.6. The van der Waals surface area contributed by atoms with Crippen LogP contribution in [0, 0.1) is 0 Å². The molecule has 0 aromatic rings. The molecule has 0 saturated heterocycles. The Morgan fingerprint density at radius 3 is 1.24 bits per heavy atom. The van der Waals surface area contributed by atoms with E-state index in [1.54, 1.807) is 0 Å². The highest BCUT2D eigenvalue weighted by Gasteiger charge is 2.25. The molecule has 0 fully saturated rings. The number of carbonyl (C=O) groups is 1. The molecule has 8 nitrogen and oxygen atoms in total. The molecule has 2 atom stereocenters. The summed E-state index contributed by atoms with van der Waals surface area (Å²) in [7, 11) is -4.31. The highest BCUT2D eigenvalue weighted by Crippen LogP contribution is 2.43. The van der Waals surface area contributed by atoms with E-state index in [0.717, 1.165) is 77.0 Å². The van der Waals surface area contributed by atoms with Crippen LogP contribution in [-0.2, 0) is 27.9 Å². The van der Waals surface area contributed by atoms with Gasteiger partial charge in [-0.25, -0.2) is 4.57 Å². The SMILES string of the molecule is CC/C=C\C/C=C\C/C=C\C/C=C\C/C=C\C/C=C\C/C=C\CCCC(=O)OC(COCCCCCCCCCCCCC/C=C\C/C=C\C/C=C\CCCCCCC)COP(=O)(O)OCCN. The van der Waals surface area contributed by atoms with Gasteiger partial charge in [0.2, 0.25) is 0 Å². The average molecular weight is 966 g/mol. The second-order valence-electron chi connectivity index (χ2n) is 17.4. The van der Waals surface area contributed by atoms with Gasteiger partial charge in [0.15, 0.2) is 0 Å². The predicted octanol–water partition coefficient (Wildman–Crippen LogP) is 17.3. The number of esters is 1. The van der Waals surface area contributed by atoms with Crippen LogP contribution < -0.4 is 5.73 Å². The Hall–Kier alpha value is -3.10. The fraction of sp³-hybridized carbons (Fsp3) is 0.644. The lowest BCUT2D eigenvalue weighted by Gasteiger charge is -2.20. The minimum atomic E-state index is -4.31. The van der Waals surface area contributed by atoms with Gasteiger partial charge in [-0.05, 0) is 103 Å². The van der Waals surface area contributed by atoms with Crippen molar-refractivity contribution in [3.8, 4) is 0 Å². The predicted molar refractivity (Wildman–Crippen MR) is 293 cm³/mol. The molecule has 3 N–H and O–H groups in total. The number of ether oxygens (including phenoxy) is 2. The average Bonchev–Trinajstić information content (AvgIpc) is 3.33. The zero-order chi connectivity index (χ0) is 49.4. The third kappa shape index (κ3) is 53.8. The van der Waals surface area contributed by atoms with Crippen molar-refractivity contribution in [1.29, 1.82) is 0 Å². The van der Waals surface area contributed by atoms with Crippen LogP contribution >= 0.6 is 7.82 Å². The summed E-state index contributed by atoms with van der Waals surface area (Å²) in [6.45, 7) is 4.69. The Morgan fingerprint density at radius 2 is 0.824 bits per heavy atom. The first-order valence-electron chi connectivity index (χ1n) is 27.0. The first-order valence-corrected chi connectivity index (χ1v) is 28.5. The van der Waals surface area contributed by atoms with Crippen LogP contribution in [0.5, 0.6) is 0 Å². The molecule has 2 unspecified atom stereocenters. The summed E-state index contributed by atoms with van der Waals surface area (Å²) in [6.07, 6.45) is 76.8. The van der Waals surface area contributed by atoms with E-state index in [-0.39, 0.29) is 32.8 Å². The monoisotopic (exact) mass is 966 g/mol. The number of rotatable bonds is 50. The number of carbonyl (C=O) groups excluding carboxylic acids is 1. The summed E-state index contributed by atoms with van der Waals surface area (Å²) in [5.74, 6) is -0.392. The standard InChI is InChI=1S/C59H100NO7P/c1-3-5-7-9-11-13-15-17-19-21-23-25-27-28-29-31-33-35-37-39-41-43-45-47-49-51-54-64-56-58(57-66-68(62,63)65-55-53-60)67-59(61)52-50-48-46-44-42-40-38-36-34-32-30-26-24-22-20-18-16-14-12-10-8-6-4-2/h6,8,12,14-15,17-18,20-21,23-24,26-28,32,34,38,40,44,46,58H,3-5,7,9-11,13,16,19,22,25,29-31,33,35-37,39,41-43,45,47-57,60H2,1-2H3,(H,62,63)/b8-6-,14-12-,17-15-,20-18-,23-21-,26-24-,28-27-,34-32-,40-38-,46-44-. The van der Waals surface area contributed by atoms with Crippen LogP contribution in [0.3, 0.4) is 0 Å². The number of phosphoric ester groups is 1. The van der Waals surface area contributed by atoms with Crippen molar-refractivity contribution in [3.05, 3.63) is 122 Å². The van der Waals surface area contributed by atoms with Gasteiger partial charge in [0.05, 0.1) is 19.8 Å². The number of nitrogens with two attached hydrogens (primary N) is 1. The van der Waals surface area contributed by atoms with Gasteiger partial charge in [-0.1, -0.05) is 219 Å². The van der Waals surface area contributed by atoms with E-state index in [0.29, 0.717) is 13.0 Å². The van der Waals surface area contributed by atoms with Crippen molar-refractivity contribution in [2.45, 2.75) is 213 Å². The highest BCUT2D eigenvalue weighted by molar-refractivity contribution is 7.47. The van der Waals surface area contributed by atoms with Gasteiger partial charge in [-0.3, -0.25) is 13.8 Å². The van der Waals surface area contributed by atoms with Gasteiger partial charge in [0.25, 0.3) is 0 Å². The van der Waals surface area contributed by atoms with E-state index >= 15 is 0 Å². The molecule has 0 aromatic heterocycles. The Labute approximate surface area is 417 Å². The molecule has 0 rings (SSSR count). The summed E-state index contributed by atoms with van der Waals surface area (Å²) in [5.41, 5.74) is 5.39. The van der Waals surface area contributed by atoms with Crippen LogP contribution in [0.2, 0.25) is 0 Å².